The molecule has 0 atom stereocenters. The van der Waals surface area contributed by atoms with Crippen LogP contribution in [0.2, 0.25) is 0 Å². The van der Waals surface area contributed by atoms with Gasteiger partial charge in [-0.1, -0.05) is 31.0 Å². The van der Waals surface area contributed by atoms with E-state index in [9.17, 15) is 0 Å². The molecule has 1 aliphatic rings. The number of nitrogens with zero attached hydrogens (tertiary/aromatic N) is 1. The summed E-state index contributed by atoms with van der Waals surface area (Å²) < 4.78 is 11.0. The number of halogens is 1. The number of aliphatic imine (C=N–C) groups is 1. The molecule has 0 amide bonds. The van der Waals surface area contributed by atoms with Gasteiger partial charge in [0.1, 0.15) is 5.75 Å². The monoisotopic (exact) mass is 475 g/mol. The van der Waals surface area contributed by atoms with Crippen molar-refractivity contribution in [3.05, 3.63) is 29.8 Å². The predicted molar refractivity (Wildman–Crippen MR) is 119 cm³/mol. The molecule has 5 nitrogen and oxygen atoms in total. The van der Waals surface area contributed by atoms with Gasteiger partial charge in [-0.15, -0.1) is 24.0 Å². The van der Waals surface area contributed by atoms with Gasteiger partial charge >= 0.3 is 0 Å². The number of para-hydroxylation sites is 1. The van der Waals surface area contributed by atoms with E-state index in [2.05, 4.69) is 33.8 Å². The summed E-state index contributed by atoms with van der Waals surface area (Å²) in [6.45, 7) is 5.31. The quantitative estimate of drug-likeness (QED) is 0.248. The van der Waals surface area contributed by atoms with E-state index in [0.717, 1.165) is 44.4 Å². The number of hydrogen-bond donors (Lipinski definition) is 2. The van der Waals surface area contributed by atoms with Crippen LogP contribution in [0.1, 0.15) is 44.6 Å². The van der Waals surface area contributed by atoms with Crippen molar-refractivity contribution in [3.63, 3.8) is 0 Å². The van der Waals surface area contributed by atoms with Crippen LogP contribution in [0.25, 0.3) is 0 Å². The second-order valence-corrected chi connectivity index (χ2v) is 6.59. The maximum Gasteiger partial charge on any atom is 0.191 e. The van der Waals surface area contributed by atoms with E-state index in [1.807, 2.05) is 20.0 Å². The van der Waals surface area contributed by atoms with Gasteiger partial charge in [-0.05, 0) is 32.3 Å². The molecule has 0 spiro atoms. The highest BCUT2D eigenvalue weighted by atomic mass is 127. The van der Waals surface area contributed by atoms with Crippen molar-refractivity contribution in [1.82, 2.24) is 10.6 Å². The lowest BCUT2D eigenvalue weighted by atomic mass is 9.78. The highest BCUT2D eigenvalue weighted by Gasteiger charge is 2.37. The first kappa shape index (κ1) is 23.0. The molecule has 0 aliphatic heterocycles. The molecule has 1 saturated carbocycles. The van der Waals surface area contributed by atoms with Gasteiger partial charge in [0.2, 0.25) is 0 Å². The van der Waals surface area contributed by atoms with Crippen molar-refractivity contribution in [2.75, 3.05) is 40.5 Å². The van der Waals surface area contributed by atoms with Gasteiger partial charge in [-0.2, -0.15) is 0 Å². The number of hydrogen-bond acceptors (Lipinski definition) is 3. The number of benzene rings is 1. The Balaban J connectivity index is 0.00000338. The minimum atomic E-state index is 0. The van der Waals surface area contributed by atoms with Crippen molar-refractivity contribution in [2.24, 2.45) is 4.99 Å². The molecule has 0 radical (unpaired) electrons. The van der Waals surface area contributed by atoms with Crippen molar-refractivity contribution in [2.45, 2.75) is 44.4 Å². The van der Waals surface area contributed by atoms with Crippen LogP contribution >= 0.6 is 24.0 Å². The van der Waals surface area contributed by atoms with Crippen LogP contribution in [0.4, 0.5) is 0 Å². The van der Waals surface area contributed by atoms with Crippen LogP contribution in [0.15, 0.2) is 29.3 Å². The molecule has 1 aromatic carbocycles. The SMILES string of the molecule is CCOCCCNC(=NC)NCC1(c2ccccc2OC)CCCC1.I. The largest absolute Gasteiger partial charge is 0.496 e. The van der Waals surface area contributed by atoms with E-state index in [1.54, 1.807) is 7.11 Å². The smallest absolute Gasteiger partial charge is 0.191 e. The summed E-state index contributed by atoms with van der Waals surface area (Å²) in [5.74, 6) is 1.85. The van der Waals surface area contributed by atoms with Crippen LogP contribution in [-0.4, -0.2) is 46.4 Å². The highest BCUT2D eigenvalue weighted by Crippen LogP contribution is 2.44. The Bertz CT molecular complexity index is 546. The molecule has 26 heavy (non-hydrogen) atoms. The molecular formula is C20H34IN3O2. The van der Waals surface area contributed by atoms with Crippen LogP contribution in [0.5, 0.6) is 5.75 Å². The fourth-order valence-electron chi connectivity index (χ4n) is 3.67. The Hall–Kier alpha value is -1.02. The lowest BCUT2D eigenvalue weighted by molar-refractivity contribution is 0.145. The summed E-state index contributed by atoms with van der Waals surface area (Å²) in [6.07, 6.45) is 5.87. The van der Waals surface area contributed by atoms with Crippen molar-refractivity contribution >= 4 is 29.9 Å². The number of ether oxygens (including phenoxy) is 2. The molecule has 0 saturated heterocycles. The fourth-order valence-corrected chi connectivity index (χ4v) is 3.67. The Labute approximate surface area is 175 Å². The van der Waals surface area contributed by atoms with Crippen LogP contribution in [-0.2, 0) is 10.2 Å². The molecule has 6 heteroatoms. The summed E-state index contributed by atoms with van der Waals surface area (Å²) in [6, 6.07) is 8.43. The van der Waals surface area contributed by atoms with E-state index in [4.69, 9.17) is 9.47 Å². The van der Waals surface area contributed by atoms with E-state index in [0.29, 0.717) is 0 Å². The summed E-state index contributed by atoms with van der Waals surface area (Å²) in [4.78, 5) is 4.36. The first-order chi connectivity index (χ1) is 12.3. The number of rotatable bonds is 9. The van der Waals surface area contributed by atoms with Gasteiger partial charge in [-0.3, -0.25) is 4.99 Å². The number of methoxy groups -OCH3 is 1. The number of guanidine groups is 1. The third kappa shape index (κ3) is 6.30. The normalized spacial score (nSPS) is 16.0. The first-order valence-corrected chi connectivity index (χ1v) is 9.41. The average Bonchev–Trinajstić information content (AvgIpc) is 3.14. The summed E-state index contributed by atoms with van der Waals surface area (Å²) >= 11 is 0. The van der Waals surface area contributed by atoms with Gasteiger partial charge in [-0.25, -0.2) is 0 Å². The van der Waals surface area contributed by atoms with E-state index in [1.165, 1.54) is 31.2 Å². The molecule has 0 bridgehead atoms. The Morgan fingerprint density at radius 1 is 1.19 bits per heavy atom. The molecule has 1 aliphatic carbocycles. The molecule has 148 valence electrons. The van der Waals surface area contributed by atoms with E-state index >= 15 is 0 Å². The lowest BCUT2D eigenvalue weighted by Gasteiger charge is -2.32. The lowest BCUT2D eigenvalue weighted by Crippen LogP contribution is -2.45. The molecular weight excluding hydrogens is 441 g/mol. The van der Waals surface area contributed by atoms with Crippen molar-refractivity contribution in [3.8, 4) is 5.75 Å². The van der Waals surface area contributed by atoms with Gasteiger partial charge in [0.05, 0.1) is 7.11 Å². The molecule has 0 unspecified atom stereocenters. The second-order valence-electron chi connectivity index (χ2n) is 6.59. The van der Waals surface area contributed by atoms with Gasteiger partial charge in [0.25, 0.3) is 0 Å². The molecule has 0 aromatic heterocycles. The molecule has 2 N–H and O–H groups in total. The summed E-state index contributed by atoms with van der Waals surface area (Å²) in [7, 11) is 3.58. The summed E-state index contributed by atoms with van der Waals surface area (Å²) in [5.41, 5.74) is 1.43. The Morgan fingerprint density at radius 3 is 2.58 bits per heavy atom. The average molecular weight is 475 g/mol. The zero-order valence-corrected chi connectivity index (χ0v) is 18.7. The van der Waals surface area contributed by atoms with Crippen molar-refractivity contribution < 1.29 is 9.47 Å². The first-order valence-electron chi connectivity index (χ1n) is 9.41. The second kappa shape index (κ2) is 12.4. The minimum Gasteiger partial charge on any atom is -0.496 e. The third-order valence-electron chi connectivity index (χ3n) is 5.02. The Morgan fingerprint density at radius 2 is 1.92 bits per heavy atom. The predicted octanol–water partition coefficient (Wildman–Crippen LogP) is 3.72. The maximum atomic E-state index is 5.63. The third-order valence-corrected chi connectivity index (χ3v) is 5.02. The van der Waals surface area contributed by atoms with E-state index < -0.39 is 0 Å². The minimum absolute atomic E-state index is 0. The van der Waals surface area contributed by atoms with Crippen LogP contribution in [0, 0.1) is 0 Å². The number of nitrogens with one attached hydrogen (secondary N) is 2. The van der Waals surface area contributed by atoms with Gasteiger partial charge < -0.3 is 20.1 Å². The van der Waals surface area contributed by atoms with Crippen LogP contribution in [0.3, 0.4) is 0 Å². The fraction of sp³-hybridized carbons (Fsp3) is 0.650. The molecule has 0 heterocycles. The molecule has 2 rings (SSSR count). The van der Waals surface area contributed by atoms with E-state index in [-0.39, 0.29) is 29.4 Å². The maximum absolute atomic E-state index is 5.63. The zero-order valence-electron chi connectivity index (χ0n) is 16.3. The Kier molecular flexibility index (Phi) is 11.0. The molecule has 1 aromatic rings. The zero-order chi connectivity index (χ0) is 18.0. The van der Waals surface area contributed by atoms with Crippen LogP contribution < -0.4 is 15.4 Å². The highest BCUT2D eigenvalue weighted by molar-refractivity contribution is 14.0. The molecule has 1 fully saturated rings. The topological polar surface area (TPSA) is 54.9 Å². The summed E-state index contributed by atoms with van der Waals surface area (Å²) in [5, 5.41) is 6.91. The van der Waals surface area contributed by atoms with Gasteiger partial charge in [0, 0.05) is 44.3 Å². The van der Waals surface area contributed by atoms with Crippen molar-refractivity contribution in [1.29, 1.82) is 0 Å². The standard InChI is InChI=1S/C20H33N3O2.HI/c1-4-25-15-9-14-22-19(21-2)23-16-20(12-7-8-13-20)17-10-5-6-11-18(17)24-3;/h5-6,10-11H,4,7-9,12-16H2,1-3H3,(H2,21,22,23);1H. The van der Waals surface area contributed by atoms with Gasteiger partial charge in [0.15, 0.2) is 5.96 Å².